The molecular formula is C28H33ClN8O. The number of piperazine rings is 1. The van der Waals surface area contributed by atoms with Crippen molar-refractivity contribution in [1.29, 1.82) is 0 Å². The largest absolute Gasteiger partial charge is 0.494 e. The predicted molar refractivity (Wildman–Crippen MR) is 152 cm³/mol. The van der Waals surface area contributed by atoms with Crippen molar-refractivity contribution < 1.29 is 4.74 Å². The van der Waals surface area contributed by atoms with E-state index in [2.05, 4.69) is 49.2 Å². The molecule has 38 heavy (non-hydrogen) atoms. The molecule has 0 atom stereocenters. The molecule has 6 rings (SSSR count). The molecule has 0 unspecified atom stereocenters. The minimum Gasteiger partial charge on any atom is -0.494 e. The van der Waals surface area contributed by atoms with E-state index in [1.54, 1.807) is 25.6 Å². The molecule has 2 aliphatic rings. The van der Waals surface area contributed by atoms with Crippen molar-refractivity contribution in [2.24, 2.45) is 0 Å². The second-order valence-electron chi connectivity index (χ2n) is 10.1. The molecule has 0 spiro atoms. The number of nitrogens with one attached hydrogen (secondary N) is 1. The van der Waals surface area contributed by atoms with Crippen LogP contribution in [-0.4, -0.2) is 88.8 Å². The Morgan fingerprint density at radius 2 is 1.74 bits per heavy atom. The third-order valence-corrected chi connectivity index (χ3v) is 7.96. The Morgan fingerprint density at radius 3 is 2.47 bits per heavy atom. The van der Waals surface area contributed by atoms with Gasteiger partial charge in [0.2, 0.25) is 5.95 Å². The molecule has 0 amide bonds. The molecule has 0 saturated carbocycles. The van der Waals surface area contributed by atoms with E-state index in [1.165, 1.54) is 44.7 Å². The van der Waals surface area contributed by atoms with Crippen LogP contribution in [0.15, 0.2) is 54.9 Å². The van der Waals surface area contributed by atoms with Crippen LogP contribution >= 0.6 is 11.6 Å². The zero-order chi connectivity index (χ0) is 26.1. The normalized spacial score (nSPS) is 17.7. The molecule has 0 radical (unpaired) electrons. The molecule has 9 nitrogen and oxygen atoms in total. The van der Waals surface area contributed by atoms with Crippen LogP contribution in [0.25, 0.3) is 16.8 Å². The number of ether oxygens (including phenoxy) is 1. The van der Waals surface area contributed by atoms with Crippen LogP contribution in [-0.2, 0) is 0 Å². The van der Waals surface area contributed by atoms with E-state index in [0.717, 1.165) is 41.3 Å². The zero-order valence-corrected chi connectivity index (χ0v) is 22.6. The van der Waals surface area contributed by atoms with Gasteiger partial charge < -0.3 is 19.9 Å². The van der Waals surface area contributed by atoms with E-state index < -0.39 is 0 Å². The van der Waals surface area contributed by atoms with Gasteiger partial charge in [-0.05, 0) is 56.3 Å². The Morgan fingerprint density at radius 1 is 0.921 bits per heavy atom. The van der Waals surface area contributed by atoms with Gasteiger partial charge in [-0.3, -0.25) is 4.90 Å². The average Bonchev–Trinajstić information content (AvgIpc) is 3.37. The maximum absolute atomic E-state index is 5.97. The predicted octanol–water partition coefficient (Wildman–Crippen LogP) is 4.41. The highest BCUT2D eigenvalue weighted by molar-refractivity contribution is 6.29. The Hall–Kier alpha value is -3.40. The van der Waals surface area contributed by atoms with E-state index in [-0.39, 0.29) is 0 Å². The number of halogens is 1. The third kappa shape index (κ3) is 5.14. The van der Waals surface area contributed by atoms with Crippen molar-refractivity contribution in [3.63, 3.8) is 0 Å². The van der Waals surface area contributed by atoms with Gasteiger partial charge in [-0.2, -0.15) is 0 Å². The number of anilines is 3. The zero-order valence-electron chi connectivity index (χ0n) is 21.8. The molecule has 2 fully saturated rings. The molecule has 0 bridgehead atoms. The van der Waals surface area contributed by atoms with Crippen molar-refractivity contribution in [2.45, 2.75) is 18.9 Å². The average molecular weight is 533 g/mol. The number of methoxy groups -OCH3 is 1. The number of piperidine rings is 1. The summed E-state index contributed by atoms with van der Waals surface area (Å²) in [4.78, 5) is 16.3. The Balaban J connectivity index is 1.16. The van der Waals surface area contributed by atoms with E-state index in [1.807, 2.05) is 28.8 Å². The number of aromatic nitrogens is 4. The van der Waals surface area contributed by atoms with Crippen molar-refractivity contribution in [1.82, 2.24) is 29.4 Å². The van der Waals surface area contributed by atoms with Gasteiger partial charge in [0.05, 0.1) is 30.2 Å². The fraction of sp³-hybridized carbons (Fsp3) is 0.393. The van der Waals surface area contributed by atoms with Gasteiger partial charge in [0.1, 0.15) is 10.9 Å². The first-order chi connectivity index (χ1) is 18.6. The summed E-state index contributed by atoms with van der Waals surface area (Å²) in [5.41, 5.74) is 4.74. The van der Waals surface area contributed by atoms with Gasteiger partial charge in [-0.1, -0.05) is 11.6 Å². The lowest BCUT2D eigenvalue weighted by atomic mass is 10.0. The highest BCUT2D eigenvalue weighted by Crippen LogP contribution is 2.33. The van der Waals surface area contributed by atoms with Crippen LogP contribution in [0.5, 0.6) is 5.75 Å². The second kappa shape index (κ2) is 10.8. The maximum atomic E-state index is 5.97. The summed E-state index contributed by atoms with van der Waals surface area (Å²) in [5.74, 6) is 1.25. The van der Waals surface area contributed by atoms with Gasteiger partial charge in [-0.25, -0.2) is 14.5 Å². The van der Waals surface area contributed by atoms with E-state index >= 15 is 0 Å². The van der Waals surface area contributed by atoms with Crippen molar-refractivity contribution in [3.8, 4) is 17.0 Å². The highest BCUT2D eigenvalue weighted by atomic mass is 35.5. The van der Waals surface area contributed by atoms with Crippen LogP contribution in [0.3, 0.4) is 0 Å². The van der Waals surface area contributed by atoms with E-state index in [4.69, 9.17) is 21.4 Å². The molecule has 3 aromatic heterocycles. The minimum absolute atomic E-state index is 0.460. The van der Waals surface area contributed by atoms with Gasteiger partial charge >= 0.3 is 0 Å². The van der Waals surface area contributed by atoms with Gasteiger partial charge in [0, 0.05) is 68.8 Å². The van der Waals surface area contributed by atoms with Gasteiger partial charge in [0.15, 0.2) is 0 Å². The number of hydrogen-bond acceptors (Lipinski definition) is 8. The first-order valence-electron chi connectivity index (χ1n) is 13.2. The number of rotatable bonds is 6. The number of fused-ring (bicyclic) bond motifs is 1. The van der Waals surface area contributed by atoms with Gasteiger partial charge in [0.25, 0.3) is 0 Å². The summed E-state index contributed by atoms with van der Waals surface area (Å²) >= 11 is 5.97. The van der Waals surface area contributed by atoms with Crippen LogP contribution in [0.4, 0.5) is 17.3 Å². The van der Waals surface area contributed by atoms with E-state index in [0.29, 0.717) is 17.1 Å². The monoisotopic (exact) mass is 532 g/mol. The maximum Gasteiger partial charge on any atom is 0.245 e. The second-order valence-corrected chi connectivity index (χ2v) is 10.5. The number of pyridine rings is 1. The first kappa shape index (κ1) is 24.9. The highest BCUT2D eigenvalue weighted by Gasteiger charge is 2.27. The van der Waals surface area contributed by atoms with Crippen molar-refractivity contribution >= 4 is 34.4 Å². The minimum atomic E-state index is 0.460. The molecule has 4 aromatic rings. The van der Waals surface area contributed by atoms with Crippen LogP contribution in [0.1, 0.15) is 12.8 Å². The third-order valence-electron chi connectivity index (χ3n) is 7.74. The number of benzene rings is 1. The molecule has 5 heterocycles. The van der Waals surface area contributed by atoms with Crippen LogP contribution in [0.2, 0.25) is 5.15 Å². The van der Waals surface area contributed by atoms with Crippen molar-refractivity contribution in [3.05, 3.63) is 60.0 Å². The molecule has 1 N–H and O–H groups in total. The molecule has 2 aliphatic heterocycles. The quantitative estimate of drug-likeness (QED) is 0.366. The molecule has 198 valence electrons. The fourth-order valence-corrected chi connectivity index (χ4v) is 5.59. The summed E-state index contributed by atoms with van der Waals surface area (Å²) in [7, 11) is 3.92. The lowest BCUT2D eigenvalue weighted by Crippen LogP contribution is -2.52. The molecule has 1 aromatic carbocycles. The lowest BCUT2D eigenvalue weighted by Gasteiger charge is -2.42. The van der Waals surface area contributed by atoms with Crippen LogP contribution in [0, 0.1) is 0 Å². The lowest BCUT2D eigenvalue weighted by molar-refractivity contribution is 0.0982. The topological polar surface area (TPSA) is 74.1 Å². The molecular weight excluding hydrogens is 500 g/mol. The summed E-state index contributed by atoms with van der Waals surface area (Å²) < 4.78 is 7.62. The molecule has 10 heteroatoms. The van der Waals surface area contributed by atoms with Crippen molar-refractivity contribution in [2.75, 3.05) is 63.6 Å². The fourth-order valence-electron chi connectivity index (χ4n) is 5.48. The Labute approximate surface area is 228 Å². The van der Waals surface area contributed by atoms with E-state index in [9.17, 15) is 0 Å². The summed E-state index contributed by atoms with van der Waals surface area (Å²) in [6, 6.07) is 14.7. The number of hydrogen-bond donors (Lipinski definition) is 1. The summed E-state index contributed by atoms with van der Waals surface area (Å²) in [6.45, 7) is 6.83. The first-order valence-corrected chi connectivity index (χ1v) is 13.5. The number of likely N-dealkylation sites (N-methyl/N-ethyl adjacent to an activating group) is 1. The number of nitrogens with zero attached hydrogens (tertiary/aromatic N) is 7. The van der Waals surface area contributed by atoms with Crippen LogP contribution < -0.4 is 15.0 Å². The SMILES string of the molecule is COc1cc(N2CCC(N3CCN(C)CC3)CC2)ccc1Nc1ncc2ccc(-c3ccc(Cl)nc3)n2n1. The summed E-state index contributed by atoms with van der Waals surface area (Å²) in [6.07, 6.45) is 5.94. The smallest absolute Gasteiger partial charge is 0.245 e. The Bertz CT molecular complexity index is 1390. The van der Waals surface area contributed by atoms with Gasteiger partial charge in [-0.15, -0.1) is 5.10 Å². The molecule has 0 aliphatic carbocycles. The molecule has 2 saturated heterocycles. The standard InChI is InChI=1S/C28H33ClN8O/c1-34-13-15-36(16-14-34)21-9-11-35(12-10-21)22-4-6-24(26(17-22)38-2)32-28-31-19-23-5-7-25(37(23)33-28)20-3-8-27(29)30-18-20/h3-8,17-19,21H,9-16H2,1-2H3,(H,32,33). The Kier molecular flexibility index (Phi) is 7.06. The summed E-state index contributed by atoms with van der Waals surface area (Å²) in [5, 5.41) is 8.54.